The molecule has 20 heteroatoms. The highest BCUT2D eigenvalue weighted by Gasteiger charge is 2.41. The zero-order chi connectivity index (χ0) is 32.4. The van der Waals surface area contributed by atoms with Crippen molar-refractivity contribution in [1.29, 1.82) is 0 Å². The molecule has 1 saturated heterocycles. The van der Waals surface area contributed by atoms with Gasteiger partial charge < -0.3 is 23.3 Å². The predicted octanol–water partition coefficient (Wildman–Crippen LogP) is 0.582. The van der Waals surface area contributed by atoms with Gasteiger partial charge in [0.05, 0.1) is 16.3 Å². The zero-order valence-corrected chi connectivity index (χ0v) is 26.4. The molecule has 0 radical (unpaired) electrons. The van der Waals surface area contributed by atoms with Crippen molar-refractivity contribution < 1.29 is 63.1 Å². The molecule has 2 rings (SSSR count). The molecule has 0 bridgehead atoms. The van der Waals surface area contributed by atoms with Gasteiger partial charge in [0, 0.05) is 32.4 Å². The van der Waals surface area contributed by atoms with Crippen LogP contribution in [0.25, 0.3) is 0 Å². The summed E-state index contributed by atoms with van der Waals surface area (Å²) in [5.74, 6) is -3.79. The van der Waals surface area contributed by atoms with Crippen LogP contribution in [0, 0.1) is 5.92 Å². The van der Waals surface area contributed by atoms with Gasteiger partial charge in [0.25, 0.3) is 20.2 Å². The minimum Gasteiger partial charge on any atom is -0.448 e. The first-order chi connectivity index (χ1) is 20.1. The normalized spacial score (nSPS) is 16.3. The number of nitrogens with one attached hydrogen (secondary N) is 2. The molecular formula is C23H35N3O14S2Si. The Hall–Kier alpha value is -2.98. The Morgan fingerprint density at radius 1 is 1.00 bits per heavy atom. The third kappa shape index (κ3) is 10.3. The molecular weight excluding hydrogens is 634 g/mol. The Morgan fingerprint density at radius 3 is 2.14 bits per heavy atom. The van der Waals surface area contributed by atoms with Crippen molar-refractivity contribution in [2.75, 3.05) is 39.5 Å². The van der Waals surface area contributed by atoms with Crippen LogP contribution in [0.5, 0.6) is 0 Å². The number of carbonyl (C=O) groups excluding carboxylic acids is 4. The average molecular weight is 670 g/mol. The van der Waals surface area contributed by atoms with Gasteiger partial charge in [-0.25, -0.2) is 9.59 Å². The molecule has 1 heterocycles. The van der Waals surface area contributed by atoms with E-state index in [1.165, 1.54) is 0 Å². The Bertz CT molecular complexity index is 1390. The molecule has 43 heavy (non-hydrogen) atoms. The topological polar surface area (TPSA) is 241 Å². The van der Waals surface area contributed by atoms with Crippen molar-refractivity contribution in [2.24, 2.45) is 5.92 Å². The SMILES string of the molecule is CCO[Si](CCCNC(=O)OCCN1C(=O)NC(=O)C(Cc2ccc(S(=O)(=O)O)cc2S(=O)(=O)O)C1=O)(OCC)OCC. The standard InChI is InChI=1S/C23H35N3O14S2Si/c1-4-38-43(39-5-2,40-6-3)13-7-10-24-23(30)37-12-11-26-21(28)18(20(27)25-22(26)29)14-16-8-9-17(41(31,32)33)15-19(16)42(34,35)36/h8-9,15,18H,4-7,10-14H2,1-3H3,(H,24,30)(H,25,27,29)(H,31,32,33)(H,34,35,36). The number of urea groups is 1. The van der Waals surface area contributed by atoms with Crippen molar-refractivity contribution in [2.45, 2.75) is 49.4 Å². The van der Waals surface area contributed by atoms with E-state index in [-0.39, 0.29) is 12.1 Å². The van der Waals surface area contributed by atoms with E-state index in [0.29, 0.717) is 43.3 Å². The van der Waals surface area contributed by atoms with Crippen molar-refractivity contribution >= 4 is 53.0 Å². The predicted molar refractivity (Wildman–Crippen MR) is 148 cm³/mol. The number of barbiturate groups is 1. The lowest BCUT2D eigenvalue weighted by Gasteiger charge is -2.30. The Labute approximate surface area is 250 Å². The molecule has 242 valence electrons. The Kier molecular flexibility index (Phi) is 13.2. The molecule has 1 aliphatic rings. The van der Waals surface area contributed by atoms with Crippen LogP contribution in [-0.2, 0) is 54.3 Å². The minimum absolute atomic E-state index is 0.187. The summed E-state index contributed by atoms with van der Waals surface area (Å²) in [5, 5.41) is 4.46. The fraction of sp³-hybridized carbons (Fsp3) is 0.565. The summed E-state index contributed by atoms with van der Waals surface area (Å²) < 4.78 is 87.5. The second-order valence-electron chi connectivity index (χ2n) is 8.91. The monoisotopic (exact) mass is 669 g/mol. The van der Waals surface area contributed by atoms with Gasteiger partial charge >= 0.3 is 20.9 Å². The fourth-order valence-corrected chi connectivity index (χ4v) is 8.11. The van der Waals surface area contributed by atoms with E-state index in [9.17, 15) is 45.1 Å². The molecule has 4 N–H and O–H groups in total. The molecule has 0 saturated carbocycles. The van der Waals surface area contributed by atoms with Gasteiger partial charge in [-0.3, -0.25) is 28.9 Å². The van der Waals surface area contributed by atoms with Crippen LogP contribution in [-0.4, -0.2) is 103 Å². The molecule has 5 amide bonds. The second-order valence-corrected chi connectivity index (χ2v) is 14.5. The lowest BCUT2D eigenvalue weighted by Crippen LogP contribution is -2.59. The number of hydrogen-bond acceptors (Lipinski definition) is 12. The van der Waals surface area contributed by atoms with Crippen LogP contribution in [0.4, 0.5) is 9.59 Å². The van der Waals surface area contributed by atoms with Gasteiger partial charge in [-0.05, 0) is 51.3 Å². The maximum atomic E-state index is 13.0. The van der Waals surface area contributed by atoms with E-state index in [1.807, 2.05) is 26.1 Å². The summed E-state index contributed by atoms with van der Waals surface area (Å²) in [5.41, 5.74) is -0.335. The van der Waals surface area contributed by atoms with Gasteiger partial charge in [0.2, 0.25) is 11.8 Å². The van der Waals surface area contributed by atoms with Crippen LogP contribution in [0.1, 0.15) is 32.8 Å². The van der Waals surface area contributed by atoms with Crippen LogP contribution in [0.2, 0.25) is 6.04 Å². The van der Waals surface area contributed by atoms with Crippen molar-refractivity contribution in [3.8, 4) is 0 Å². The molecule has 1 aromatic carbocycles. The summed E-state index contributed by atoms with van der Waals surface area (Å²) in [6.45, 7) is 5.96. The van der Waals surface area contributed by atoms with E-state index >= 15 is 0 Å². The molecule has 1 unspecified atom stereocenters. The number of amides is 5. The van der Waals surface area contributed by atoms with E-state index in [0.717, 1.165) is 12.1 Å². The van der Waals surface area contributed by atoms with Gasteiger partial charge in [-0.2, -0.15) is 16.8 Å². The van der Waals surface area contributed by atoms with Crippen molar-refractivity contribution in [1.82, 2.24) is 15.5 Å². The quantitative estimate of drug-likeness (QED) is 0.0768. The molecule has 0 aliphatic carbocycles. The van der Waals surface area contributed by atoms with Crippen molar-refractivity contribution in [3.05, 3.63) is 23.8 Å². The van der Waals surface area contributed by atoms with Gasteiger partial charge in [0.1, 0.15) is 12.5 Å². The molecule has 1 aromatic rings. The van der Waals surface area contributed by atoms with E-state index in [1.54, 1.807) is 0 Å². The van der Waals surface area contributed by atoms with Crippen LogP contribution < -0.4 is 10.6 Å². The maximum Gasteiger partial charge on any atom is 0.500 e. The first kappa shape index (κ1) is 36.2. The van der Waals surface area contributed by atoms with Gasteiger partial charge in [0.15, 0.2) is 0 Å². The number of rotatable bonds is 17. The number of ether oxygens (including phenoxy) is 1. The first-order valence-corrected chi connectivity index (χ1v) is 18.0. The zero-order valence-electron chi connectivity index (χ0n) is 23.7. The molecule has 1 fully saturated rings. The highest BCUT2D eigenvalue weighted by Crippen LogP contribution is 2.25. The summed E-state index contributed by atoms with van der Waals surface area (Å²) in [7, 11) is -12.8. The number of imide groups is 2. The minimum atomic E-state index is -5.06. The third-order valence-electron chi connectivity index (χ3n) is 5.96. The first-order valence-electron chi connectivity index (χ1n) is 13.1. The summed E-state index contributed by atoms with van der Waals surface area (Å²) >= 11 is 0. The van der Waals surface area contributed by atoms with Crippen LogP contribution in [0.3, 0.4) is 0 Å². The highest BCUT2D eigenvalue weighted by atomic mass is 32.2. The molecule has 1 aliphatic heterocycles. The number of hydrogen-bond donors (Lipinski definition) is 4. The molecule has 0 spiro atoms. The van der Waals surface area contributed by atoms with E-state index in [2.05, 4.69) is 5.32 Å². The lowest BCUT2D eigenvalue weighted by molar-refractivity contribution is -0.142. The molecule has 17 nitrogen and oxygen atoms in total. The summed E-state index contributed by atoms with van der Waals surface area (Å²) in [4.78, 5) is 48.6. The number of alkyl carbamates (subject to hydrolysis) is 1. The maximum absolute atomic E-state index is 13.0. The smallest absolute Gasteiger partial charge is 0.448 e. The second kappa shape index (κ2) is 15.7. The molecule has 0 aromatic heterocycles. The fourth-order valence-electron chi connectivity index (χ4n) is 4.15. The number of benzene rings is 1. The van der Waals surface area contributed by atoms with E-state index < -0.39 is 88.3 Å². The summed E-state index contributed by atoms with van der Waals surface area (Å²) in [6, 6.07) is 1.51. The van der Waals surface area contributed by atoms with Gasteiger partial charge in [-0.1, -0.05) is 6.07 Å². The van der Waals surface area contributed by atoms with Crippen LogP contribution >= 0.6 is 0 Å². The number of carbonyl (C=O) groups is 4. The lowest BCUT2D eigenvalue weighted by atomic mass is 9.95. The van der Waals surface area contributed by atoms with Crippen molar-refractivity contribution in [3.63, 3.8) is 0 Å². The van der Waals surface area contributed by atoms with Gasteiger partial charge in [-0.15, -0.1) is 0 Å². The Balaban J connectivity index is 1.99. The highest BCUT2D eigenvalue weighted by molar-refractivity contribution is 7.86. The summed E-state index contributed by atoms with van der Waals surface area (Å²) in [6.07, 6.45) is -1.05. The third-order valence-corrected chi connectivity index (χ3v) is 10.9. The van der Waals surface area contributed by atoms with Crippen LogP contribution in [0.15, 0.2) is 28.0 Å². The number of nitrogens with zero attached hydrogens (tertiary/aromatic N) is 1. The van der Waals surface area contributed by atoms with E-state index in [4.69, 9.17) is 18.0 Å². The largest absolute Gasteiger partial charge is 0.500 e. The average Bonchev–Trinajstić information content (AvgIpc) is 2.90. The molecule has 1 atom stereocenters. The Morgan fingerprint density at radius 2 is 1.60 bits per heavy atom.